The van der Waals surface area contributed by atoms with Gasteiger partial charge in [0.1, 0.15) is 17.3 Å². The summed E-state index contributed by atoms with van der Waals surface area (Å²) in [6.45, 7) is 1.94. The molecule has 1 N–H and O–H groups in total. The second-order valence-electron chi connectivity index (χ2n) is 6.67. The molecule has 0 aliphatic carbocycles. The number of benzene rings is 3. The van der Waals surface area contributed by atoms with Crippen molar-refractivity contribution in [1.82, 2.24) is 9.55 Å². The van der Waals surface area contributed by atoms with E-state index in [9.17, 15) is 4.79 Å². The molecule has 152 valence electrons. The summed E-state index contributed by atoms with van der Waals surface area (Å²) < 4.78 is 12.6. The Balaban J connectivity index is 1.69. The molecular weight excluding hydrogens is 402 g/mol. The van der Waals surface area contributed by atoms with Crippen molar-refractivity contribution in [2.75, 3.05) is 19.5 Å². The maximum absolute atomic E-state index is 12.9. The maximum Gasteiger partial charge on any atom is 0.255 e. The summed E-state index contributed by atoms with van der Waals surface area (Å²) in [4.78, 5) is 17.5. The van der Waals surface area contributed by atoms with Crippen molar-refractivity contribution in [3.63, 3.8) is 0 Å². The van der Waals surface area contributed by atoms with Crippen LogP contribution in [0.1, 0.15) is 16.2 Å². The summed E-state index contributed by atoms with van der Waals surface area (Å²) in [5.41, 5.74) is 3.64. The molecule has 0 aliphatic heterocycles. The molecule has 1 amide bonds. The predicted molar refractivity (Wildman–Crippen MR) is 118 cm³/mol. The molecule has 0 saturated carbocycles. The Labute approximate surface area is 179 Å². The molecule has 0 aliphatic rings. The summed E-state index contributed by atoms with van der Waals surface area (Å²) >= 11 is 6.14. The zero-order valence-corrected chi connectivity index (χ0v) is 17.5. The molecule has 0 unspecified atom stereocenters. The molecule has 1 aromatic heterocycles. The second-order valence-corrected chi connectivity index (χ2v) is 7.08. The number of methoxy groups -OCH3 is 2. The molecule has 0 bridgehead atoms. The summed E-state index contributed by atoms with van der Waals surface area (Å²) in [7, 11) is 3.03. The quantitative estimate of drug-likeness (QED) is 0.477. The van der Waals surface area contributed by atoms with E-state index in [1.165, 1.54) is 14.2 Å². The van der Waals surface area contributed by atoms with Crippen molar-refractivity contribution in [3.8, 4) is 17.2 Å². The van der Waals surface area contributed by atoms with Crippen LogP contribution in [0.2, 0.25) is 5.02 Å². The van der Waals surface area contributed by atoms with Crippen LogP contribution < -0.4 is 14.8 Å². The zero-order chi connectivity index (χ0) is 21.3. The number of fused-ring (bicyclic) bond motifs is 1. The van der Waals surface area contributed by atoms with Crippen LogP contribution in [-0.4, -0.2) is 29.7 Å². The van der Waals surface area contributed by atoms with E-state index in [2.05, 4.69) is 14.9 Å². The van der Waals surface area contributed by atoms with Gasteiger partial charge in [0.05, 0.1) is 36.0 Å². The fraction of sp³-hybridized carbons (Fsp3) is 0.130. The van der Waals surface area contributed by atoms with Gasteiger partial charge in [-0.3, -0.25) is 9.36 Å². The molecule has 1 heterocycles. The van der Waals surface area contributed by atoms with Crippen LogP contribution in [0, 0.1) is 6.92 Å². The second kappa shape index (κ2) is 8.08. The maximum atomic E-state index is 12.9. The van der Waals surface area contributed by atoms with Crippen molar-refractivity contribution in [3.05, 3.63) is 77.1 Å². The highest BCUT2D eigenvalue weighted by Gasteiger charge is 2.16. The smallest absolute Gasteiger partial charge is 0.255 e. The van der Waals surface area contributed by atoms with Gasteiger partial charge in [0, 0.05) is 23.4 Å². The monoisotopic (exact) mass is 421 g/mol. The Bertz CT molecular complexity index is 1240. The number of aryl methyl sites for hydroxylation is 1. The number of carbonyl (C=O) groups is 1. The molecule has 6 nitrogen and oxygen atoms in total. The highest BCUT2D eigenvalue weighted by atomic mass is 35.5. The van der Waals surface area contributed by atoms with Gasteiger partial charge in [-0.2, -0.15) is 0 Å². The van der Waals surface area contributed by atoms with E-state index in [0.717, 1.165) is 22.5 Å². The van der Waals surface area contributed by atoms with Crippen LogP contribution in [0.15, 0.2) is 60.7 Å². The number of nitrogens with zero attached hydrogens (tertiary/aromatic N) is 2. The van der Waals surface area contributed by atoms with E-state index in [4.69, 9.17) is 21.1 Å². The number of anilines is 1. The first-order valence-electron chi connectivity index (χ1n) is 9.29. The standard InChI is InChI=1S/C23H20ClN3O3/c1-14-25-18-11-15(9-10-20(18)27(14)16-7-5-4-6-8-16)23(28)26-19-13-21(29-2)17(24)12-22(19)30-3/h4-13H,1-3H3,(H,26,28). The Morgan fingerprint density at radius 2 is 1.73 bits per heavy atom. The lowest BCUT2D eigenvalue weighted by Gasteiger charge is -2.13. The molecular formula is C23H20ClN3O3. The van der Waals surface area contributed by atoms with Gasteiger partial charge in [0.2, 0.25) is 0 Å². The average molecular weight is 422 g/mol. The van der Waals surface area contributed by atoms with E-state index in [0.29, 0.717) is 27.8 Å². The first kappa shape index (κ1) is 19.8. The van der Waals surface area contributed by atoms with Gasteiger partial charge in [0.25, 0.3) is 5.91 Å². The first-order chi connectivity index (χ1) is 14.5. The van der Waals surface area contributed by atoms with Crippen molar-refractivity contribution >= 4 is 34.2 Å². The van der Waals surface area contributed by atoms with Crippen LogP contribution in [-0.2, 0) is 0 Å². The molecule has 0 spiro atoms. The lowest BCUT2D eigenvalue weighted by atomic mass is 10.1. The zero-order valence-electron chi connectivity index (χ0n) is 16.8. The minimum atomic E-state index is -0.286. The number of rotatable bonds is 5. The number of carbonyl (C=O) groups excluding carboxylic acids is 1. The Morgan fingerprint density at radius 3 is 2.43 bits per heavy atom. The summed E-state index contributed by atoms with van der Waals surface area (Å²) in [6, 6.07) is 18.7. The number of halogens is 1. The Hall–Kier alpha value is -3.51. The first-order valence-corrected chi connectivity index (χ1v) is 9.67. The highest BCUT2D eigenvalue weighted by molar-refractivity contribution is 6.32. The third-order valence-electron chi connectivity index (χ3n) is 4.82. The normalized spacial score (nSPS) is 10.8. The van der Waals surface area contributed by atoms with Crippen LogP contribution >= 0.6 is 11.6 Å². The largest absolute Gasteiger partial charge is 0.495 e. The van der Waals surface area contributed by atoms with Crippen LogP contribution in [0.5, 0.6) is 11.5 Å². The van der Waals surface area contributed by atoms with Gasteiger partial charge in [-0.25, -0.2) is 4.98 Å². The van der Waals surface area contributed by atoms with Crippen molar-refractivity contribution in [2.45, 2.75) is 6.92 Å². The van der Waals surface area contributed by atoms with Crippen molar-refractivity contribution in [2.24, 2.45) is 0 Å². The van der Waals surface area contributed by atoms with Crippen molar-refractivity contribution < 1.29 is 14.3 Å². The summed E-state index contributed by atoms with van der Waals surface area (Å²) in [6.07, 6.45) is 0. The number of ether oxygens (including phenoxy) is 2. The van der Waals surface area contributed by atoms with E-state index in [-0.39, 0.29) is 5.91 Å². The predicted octanol–water partition coefficient (Wildman–Crippen LogP) is 5.26. The van der Waals surface area contributed by atoms with E-state index < -0.39 is 0 Å². The fourth-order valence-electron chi connectivity index (χ4n) is 3.40. The van der Waals surface area contributed by atoms with Gasteiger partial charge in [0.15, 0.2) is 0 Å². The molecule has 7 heteroatoms. The molecule has 4 rings (SSSR count). The molecule has 0 radical (unpaired) electrons. The molecule has 3 aromatic carbocycles. The molecule has 30 heavy (non-hydrogen) atoms. The molecule has 0 atom stereocenters. The fourth-order valence-corrected chi connectivity index (χ4v) is 3.63. The number of nitrogens with one attached hydrogen (secondary N) is 1. The highest BCUT2D eigenvalue weighted by Crippen LogP contribution is 2.36. The van der Waals surface area contributed by atoms with E-state index in [1.807, 2.05) is 43.3 Å². The molecule has 4 aromatic rings. The summed E-state index contributed by atoms with van der Waals surface area (Å²) in [5.74, 6) is 1.45. The number of para-hydroxylation sites is 1. The SMILES string of the molecule is COc1cc(NC(=O)c2ccc3c(c2)nc(C)n3-c2ccccc2)c(OC)cc1Cl. The van der Waals surface area contributed by atoms with E-state index >= 15 is 0 Å². The topological polar surface area (TPSA) is 65.4 Å². The van der Waals surface area contributed by atoms with Gasteiger partial charge < -0.3 is 14.8 Å². The molecule has 0 saturated heterocycles. The minimum Gasteiger partial charge on any atom is -0.495 e. The lowest BCUT2D eigenvalue weighted by molar-refractivity contribution is 0.102. The average Bonchev–Trinajstić information content (AvgIpc) is 3.09. The number of hydrogen-bond donors (Lipinski definition) is 1. The number of hydrogen-bond acceptors (Lipinski definition) is 4. The Kier molecular flexibility index (Phi) is 5.33. The third kappa shape index (κ3) is 3.57. The van der Waals surface area contributed by atoms with Crippen LogP contribution in [0.25, 0.3) is 16.7 Å². The lowest BCUT2D eigenvalue weighted by Crippen LogP contribution is -2.13. The number of imidazole rings is 1. The van der Waals surface area contributed by atoms with Crippen LogP contribution in [0.4, 0.5) is 5.69 Å². The van der Waals surface area contributed by atoms with Crippen LogP contribution in [0.3, 0.4) is 0 Å². The van der Waals surface area contributed by atoms with E-state index in [1.54, 1.807) is 24.3 Å². The number of aromatic nitrogens is 2. The van der Waals surface area contributed by atoms with Gasteiger partial charge >= 0.3 is 0 Å². The van der Waals surface area contributed by atoms with Gasteiger partial charge in [-0.15, -0.1) is 0 Å². The third-order valence-corrected chi connectivity index (χ3v) is 5.12. The van der Waals surface area contributed by atoms with Gasteiger partial charge in [-0.05, 0) is 37.3 Å². The van der Waals surface area contributed by atoms with Crippen molar-refractivity contribution in [1.29, 1.82) is 0 Å². The minimum absolute atomic E-state index is 0.286. The molecule has 0 fully saturated rings. The Morgan fingerprint density at radius 1 is 1.00 bits per heavy atom. The summed E-state index contributed by atoms with van der Waals surface area (Å²) in [5, 5.41) is 3.26. The number of amides is 1. The van der Waals surface area contributed by atoms with Gasteiger partial charge in [-0.1, -0.05) is 29.8 Å².